The lowest BCUT2D eigenvalue weighted by atomic mass is 9.73. The van der Waals surface area contributed by atoms with Gasteiger partial charge in [0, 0.05) is 59.7 Å². The molecule has 2 fully saturated rings. The van der Waals surface area contributed by atoms with Gasteiger partial charge in [-0.05, 0) is 39.2 Å². The Bertz CT molecular complexity index is 1440. The summed E-state index contributed by atoms with van der Waals surface area (Å²) in [6.07, 6.45) is 6.12. The molecule has 11 heteroatoms. The lowest BCUT2D eigenvalue weighted by molar-refractivity contribution is -0.136. The second kappa shape index (κ2) is 7.96. The van der Waals surface area contributed by atoms with E-state index in [1.165, 1.54) is 4.57 Å². The monoisotopic (exact) mass is 480 g/mol. The maximum atomic E-state index is 13.1. The Morgan fingerprint density at radius 3 is 2.83 bits per heavy atom. The minimum atomic E-state index is -2.48. The van der Waals surface area contributed by atoms with E-state index >= 15 is 0 Å². The molecule has 1 aliphatic carbocycles. The molecule has 1 aliphatic heterocycles. The number of anilines is 1. The van der Waals surface area contributed by atoms with Crippen LogP contribution >= 0.6 is 0 Å². The number of nitrogens with one attached hydrogen (secondary N) is 2. The number of aryl methyl sites for hydroxylation is 1. The van der Waals surface area contributed by atoms with Crippen molar-refractivity contribution in [3.8, 4) is 11.1 Å². The number of rotatable bonds is 6. The first kappa shape index (κ1) is 21.9. The number of hydrogen-bond acceptors (Lipinski definition) is 6. The van der Waals surface area contributed by atoms with E-state index in [2.05, 4.69) is 37.2 Å². The second-order valence-electron chi connectivity index (χ2n) is 9.78. The third kappa shape index (κ3) is 3.69. The van der Waals surface area contributed by atoms with Crippen molar-refractivity contribution >= 4 is 34.1 Å². The average Bonchev–Trinajstić information content (AvgIpc) is 3.49. The lowest BCUT2D eigenvalue weighted by Crippen LogP contribution is -2.59. The van der Waals surface area contributed by atoms with Crippen LogP contribution in [0.2, 0.25) is 0 Å². The summed E-state index contributed by atoms with van der Waals surface area (Å²) in [7, 11) is 0. The number of fused-ring (bicyclic) bond motifs is 2. The summed E-state index contributed by atoms with van der Waals surface area (Å²) >= 11 is 0. The van der Waals surface area contributed by atoms with Crippen molar-refractivity contribution in [3.63, 3.8) is 0 Å². The zero-order valence-corrected chi connectivity index (χ0v) is 19.6. The van der Waals surface area contributed by atoms with Crippen LogP contribution in [0, 0.1) is 6.92 Å². The van der Waals surface area contributed by atoms with Gasteiger partial charge in [-0.2, -0.15) is 4.98 Å². The molecular weight excluding hydrogens is 454 g/mol. The number of halogens is 2. The van der Waals surface area contributed by atoms with E-state index in [9.17, 15) is 13.6 Å². The van der Waals surface area contributed by atoms with Crippen molar-refractivity contribution in [2.24, 2.45) is 0 Å². The number of nitrogens with zero attached hydrogens (tertiary/aromatic N) is 6. The highest BCUT2D eigenvalue weighted by molar-refractivity contribution is 5.95. The first-order chi connectivity index (χ1) is 16.8. The zero-order chi connectivity index (χ0) is 24.3. The topological polar surface area (TPSA) is 105 Å². The van der Waals surface area contributed by atoms with E-state index in [0.29, 0.717) is 35.0 Å². The largest absolute Gasteiger partial charge is 0.351 e. The number of aromatic amines is 1. The summed E-state index contributed by atoms with van der Waals surface area (Å²) in [5.74, 6) is 1.29. The van der Waals surface area contributed by atoms with Crippen LogP contribution in [-0.4, -0.2) is 64.8 Å². The molecule has 9 nitrogen and oxygen atoms in total. The second-order valence-corrected chi connectivity index (χ2v) is 9.78. The fraction of sp³-hybridized carbons (Fsp3) is 0.458. The molecule has 0 radical (unpaired) electrons. The van der Waals surface area contributed by atoms with Gasteiger partial charge in [-0.15, -0.1) is 0 Å². The molecule has 4 aromatic rings. The molecule has 0 bridgehead atoms. The van der Waals surface area contributed by atoms with E-state index in [1.807, 2.05) is 17.2 Å². The SMILES string of the molecule is Cc1nc2ncc(-c3c[nH]c4nc(NC5CC(C)(N6CCCC6=O)C5)ncc34)cc2n1CC(F)F. The van der Waals surface area contributed by atoms with Gasteiger partial charge in [0.2, 0.25) is 11.9 Å². The lowest BCUT2D eigenvalue weighted by Gasteiger charge is -2.51. The van der Waals surface area contributed by atoms with Crippen LogP contribution < -0.4 is 5.32 Å². The number of carbonyl (C=O) groups excluding carboxylic acids is 1. The van der Waals surface area contributed by atoms with Gasteiger partial charge < -0.3 is 19.8 Å². The van der Waals surface area contributed by atoms with Crippen LogP contribution in [0.3, 0.4) is 0 Å². The average molecular weight is 481 g/mol. The number of alkyl halides is 2. The molecule has 4 aromatic heterocycles. The highest BCUT2D eigenvalue weighted by atomic mass is 19.3. The summed E-state index contributed by atoms with van der Waals surface area (Å²) in [5, 5.41) is 4.20. The van der Waals surface area contributed by atoms with Crippen LogP contribution in [0.25, 0.3) is 33.3 Å². The van der Waals surface area contributed by atoms with E-state index in [0.717, 1.165) is 42.3 Å². The van der Waals surface area contributed by atoms with Crippen molar-refractivity contribution in [1.82, 2.24) is 34.4 Å². The van der Waals surface area contributed by atoms with E-state index in [1.54, 1.807) is 19.3 Å². The van der Waals surface area contributed by atoms with Crippen LogP contribution in [0.1, 0.15) is 38.4 Å². The summed E-state index contributed by atoms with van der Waals surface area (Å²) in [5.41, 5.74) is 3.21. The number of amides is 1. The van der Waals surface area contributed by atoms with Crippen molar-refractivity contribution in [2.45, 2.75) is 64.1 Å². The van der Waals surface area contributed by atoms with E-state index in [-0.39, 0.29) is 17.5 Å². The minimum absolute atomic E-state index is 0.0875. The van der Waals surface area contributed by atoms with Gasteiger partial charge in [-0.1, -0.05) is 0 Å². The smallest absolute Gasteiger partial charge is 0.256 e. The van der Waals surface area contributed by atoms with Gasteiger partial charge in [0.25, 0.3) is 6.43 Å². The zero-order valence-electron chi connectivity index (χ0n) is 19.6. The number of hydrogen-bond donors (Lipinski definition) is 2. The van der Waals surface area contributed by atoms with Crippen molar-refractivity contribution in [2.75, 3.05) is 11.9 Å². The van der Waals surface area contributed by atoms with Crippen molar-refractivity contribution < 1.29 is 13.6 Å². The molecule has 35 heavy (non-hydrogen) atoms. The number of likely N-dealkylation sites (tertiary alicyclic amines) is 1. The number of pyridine rings is 1. The van der Waals surface area contributed by atoms with Gasteiger partial charge >= 0.3 is 0 Å². The Hall–Kier alpha value is -3.63. The molecular formula is C24H26F2N8O. The highest BCUT2D eigenvalue weighted by Gasteiger charge is 2.48. The molecule has 6 rings (SSSR count). The maximum Gasteiger partial charge on any atom is 0.256 e. The first-order valence-corrected chi connectivity index (χ1v) is 11.8. The molecule has 0 atom stereocenters. The van der Waals surface area contributed by atoms with Crippen molar-refractivity contribution in [1.29, 1.82) is 0 Å². The Morgan fingerprint density at radius 1 is 1.26 bits per heavy atom. The molecule has 1 saturated heterocycles. The Kier molecular flexibility index (Phi) is 4.97. The highest BCUT2D eigenvalue weighted by Crippen LogP contribution is 2.41. The molecule has 2 aliphatic rings. The summed E-state index contributed by atoms with van der Waals surface area (Å²) < 4.78 is 27.6. The summed E-state index contributed by atoms with van der Waals surface area (Å²) in [4.78, 5) is 35.2. The Balaban J connectivity index is 1.22. The van der Waals surface area contributed by atoms with Gasteiger partial charge in [0.05, 0.1) is 12.1 Å². The van der Waals surface area contributed by atoms with Gasteiger partial charge in [-0.3, -0.25) is 4.79 Å². The Morgan fingerprint density at radius 2 is 2.09 bits per heavy atom. The minimum Gasteiger partial charge on any atom is -0.351 e. The van der Waals surface area contributed by atoms with E-state index in [4.69, 9.17) is 0 Å². The molecule has 0 aromatic carbocycles. The van der Waals surface area contributed by atoms with Gasteiger partial charge in [0.15, 0.2) is 5.65 Å². The van der Waals surface area contributed by atoms with Gasteiger partial charge in [-0.25, -0.2) is 23.7 Å². The van der Waals surface area contributed by atoms with Crippen LogP contribution in [0.4, 0.5) is 14.7 Å². The molecule has 2 N–H and O–H groups in total. The normalized spacial score (nSPS) is 22.5. The summed E-state index contributed by atoms with van der Waals surface area (Å²) in [6.45, 7) is 4.27. The number of imidazole rings is 1. The maximum absolute atomic E-state index is 13.1. The third-order valence-electron chi connectivity index (χ3n) is 7.29. The first-order valence-electron chi connectivity index (χ1n) is 11.8. The third-order valence-corrected chi connectivity index (χ3v) is 7.29. The predicted octanol–water partition coefficient (Wildman–Crippen LogP) is 3.90. The number of aromatic nitrogens is 6. The molecule has 1 saturated carbocycles. The Labute approximate surface area is 200 Å². The fourth-order valence-electron chi connectivity index (χ4n) is 5.58. The molecule has 1 amide bonds. The fourth-order valence-corrected chi connectivity index (χ4v) is 5.58. The van der Waals surface area contributed by atoms with Gasteiger partial charge in [0.1, 0.15) is 11.5 Å². The summed E-state index contributed by atoms with van der Waals surface area (Å²) in [6, 6.07) is 2.04. The van der Waals surface area contributed by atoms with Crippen LogP contribution in [-0.2, 0) is 11.3 Å². The molecule has 0 unspecified atom stereocenters. The van der Waals surface area contributed by atoms with Crippen LogP contribution in [0.5, 0.6) is 0 Å². The predicted molar refractivity (Wildman–Crippen MR) is 127 cm³/mol. The molecule has 182 valence electrons. The number of H-pyrrole nitrogens is 1. The molecule has 5 heterocycles. The number of carbonyl (C=O) groups is 1. The quantitative estimate of drug-likeness (QED) is 0.434. The molecule has 0 spiro atoms. The van der Waals surface area contributed by atoms with E-state index < -0.39 is 13.0 Å². The standard InChI is InChI=1S/C24H26F2N8O/c1-13-30-22-18(33(13)12-19(25)26)6-14(9-27-22)16-10-28-21-17(16)11-29-23(32-21)31-15-7-24(2,8-15)34-5-3-4-20(34)35/h6,9-11,15,19H,3-5,7-8,12H2,1-2H3,(H2,28,29,31,32). The van der Waals surface area contributed by atoms with Crippen LogP contribution in [0.15, 0.2) is 24.7 Å². The van der Waals surface area contributed by atoms with Crippen molar-refractivity contribution in [3.05, 3.63) is 30.5 Å².